The van der Waals surface area contributed by atoms with E-state index < -0.39 is 0 Å². The molecule has 0 amide bonds. The molecule has 1 aromatic rings. The number of aryl methyl sites for hydroxylation is 1. The van der Waals surface area contributed by atoms with E-state index in [-0.39, 0.29) is 6.61 Å². The van der Waals surface area contributed by atoms with Crippen molar-refractivity contribution < 1.29 is 5.11 Å². The molecule has 0 bridgehead atoms. The molecule has 5 heteroatoms. The number of rotatable bonds is 2. The molecule has 0 saturated carbocycles. The van der Waals surface area contributed by atoms with Crippen molar-refractivity contribution in [2.24, 2.45) is 0 Å². The van der Waals surface area contributed by atoms with Gasteiger partial charge in [0, 0.05) is 12.2 Å². The van der Waals surface area contributed by atoms with Crippen LogP contribution in [-0.4, -0.2) is 29.3 Å². The van der Waals surface area contributed by atoms with Crippen LogP contribution in [0.3, 0.4) is 0 Å². The molecule has 102 valence electrons. The molecule has 2 aliphatic rings. The Hall–Kier alpha value is -0.900. The van der Waals surface area contributed by atoms with Gasteiger partial charge in [-0.1, -0.05) is 23.2 Å². The summed E-state index contributed by atoms with van der Waals surface area (Å²) >= 11 is 12.2. The number of hydrogen-bond acceptors (Lipinski definition) is 3. The zero-order valence-electron chi connectivity index (χ0n) is 10.5. The van der Waals surface area contributed by atoms with Gasteiger partial charge in [0.1, 0.15) is 0 Å². The second-order valence-corrected chi connectivity index (χ2v) is 5.87. The van der Waals surface area contributed by atoms with Gasteiger partial charge in [-0.3, -0.25) is 0 Å². The molecule has 1 aliphatic carbocycles. The smallest absolute Gasteiger partial charge is 0.0873 e. The third-order valence-electron chi connectivity index (χ3n) is 3.95. The Bertz CT molecular complexity index is 530. The fourth-order valence-corrected chi connectivity index (χ4v) is 3.31. The summed E-state index contributed by atoms with van der Waals surface area (Å²) in [5.74, 6) is 0. The Labute approximate surface area is 122 Å². The Balaban J connectivity index is 1.82. The van der Waals surface area contributed by atoms with Crippen molar-refractivity contribution in [3.05, 3.63) is 45.2 Å². The van der Waals surface area contributed by atoms with Gasteiger partial charge in [-0.25, -0.2) is 0 Å². The van der Waals surface area contributed by atoms with Crippen LogP contribution in [0.4, 0.5) is 0 Å². The van der Waals surface area contributed by atoms with Crippen molar-refractivity contribution in [3.8, 4) is 0 Å². The van der Waals surface area contributed by atoms with Crippen molar-refractivity contribution in [1.82, 2.24) is 10.2 Å². The van der Waals surface area contributed by atoms with Crippen LogP contribution >= 0.6 is 23.2 Å². The number of aliphatic hydroxyl groups is 1. The summed E-state index contributed by atoms with van der Waals surface area (Å²) in [6.45, 7) is 0.856. The van der Waals surface area contributed by atoms with Crippen molar-refractivity contribution >= 4 is 23.2 Å². The normalized spacial score (nSPS) is 21.9. The first-order chi connectivity index (χ1) is 9.19. The first-order valence-electron chi connectivity index (χ1n) is 6.45. The Kier molecular flexibility index (Phi) is 3.61. The third kappa shape index (κ3) is 2.42. The summed E-state index contributed by atoms with van der Waals surface area (Å²) in [5, 5.41) is 13.8. The minimum atomic E-state index is 0.0811. The van der Waals surface area contributed by atoms with Gasteiger partial charge in [-0.2, -0.15) is 0 Å². The van der Waals surface area contributed by atoms with Crippen LogP contribution in [0, 0.1) is 0 Å². The monoisotopic (exact) mass is 298 g/mol. The van der Waals surface area contributed by atoms with E-state index in [9.17, 15) is 5.11 Å². The molecule has 3 rings (SSSR count). The number of nitrogens with one attached hydrogen (secondary N) is 1. The van der Waals surface area contributed by atoms with Crippen LogP contribution in [0.25, 0.3) is 0 Å². The van der Waals surface area contributed by atoms with E-state index in [2.05, 4.69) is 10.2 Å². The maximum atomic E-state index is 9.35. The largest absolute Gasteiger partial charge is 0.390 e. The van der Waals surface area contributed by atoms with Crippen molar-refractivity contribution in [2.45, 2.75) is 25.3 Å². The van der Waals surface area contributed by atoms with Crippen molar-refractivity contribution in [1.29, 1.82) is 0 Å². The molecular weight excluding hydrogens is 283 g/mol. The lowest BCUT2D eigenvalue weighted by atomic mass is 9.87. The minimum Gasteiger partial charge on any atom is -0.390 e. The predicted molar refractivity (Wildman–Crippen MR) is 77.3 cm³/mol. The fourth-order valence-electron chi connectivity index (χ4n) is 2.94. The molecule has 0 unspecified atom stereocenters. The van der Waals surface area contributed by atoms with E-state index in [0.29, 0.717) is 16.1 Å². The summed E-state index contributed by atoms with van der Waals surface area (Å²) < 4.78 is 0. The van der Waals surface area contributed by atoms with Crippen LogP contribution in [0.1, 0.15) is 17.5 Å². The van der Waals surface area contributed by atoms with Gasteiger partial charge in [0.2, 0.25) is 0 Å². The van der Waals surface area contributed by atoms with Crippen LogP contribution < -0.4 is 5.32 Å². The second kappa shape index (κ2) is 5.23. The molecule has 2 N–H and O–H groups in total. The summed E-state index contributed by atoms with van der Waals surface area (Å²) in [6, 6.07) is 4.38. The van der Waals surface area contributed by atoms with Gasteiger partial charge in [0.05, 0.1) is 29.0 Å². The van der Waals surface area contributed by atoms with Crippen LogP contribution in [0.5, 0.6) is 0 Å². The highest BCUT2D eigenvalue weighted by molar-refractivity contribution is 6.42. The second-order valence-electron chi connectivity index (χ2n) is 5.06. The molecule has 3 nitrogen and oxygen atoms in total. The first kappa shape index (κ1) is 13.1. The van der Waals surface area contributed by atoms with Crippen molar-refractivity contribution in [2.75, 3.05) is 13.3 Å². The van der Waals surface area contributed by atoms with Gasteiger partial charge < -0.3 is 15.3 Å². The van der Waals surface area contributed by atoms with Gasteiger partial charge >= 0.3 is 0 Å². The molecule has 1 atom stereocenters. The first-order valence-corrected chi connectivity index (χ1v) is 7.21. The van der Waals surface area contributed by atoms with E-state index in [4.69, 9.17) is 23.2 Å². The Morgan fingerprint density at radius 1 is 1.26 bits per heavy atom. The number of aliphatic hydroxyl groups excluding tert-OH is 1. The fraction of sp³-hybridized carbons (Fsp3) is 0.429. The standard InChI is InChI=1S/C14H16Cl2N2O/c15-13-4-9-1-2-11(3-10(9)5-14(13)16)18-8-17-6-12(18)7-19/h4-6,11,17,19H,1-3,7-8H2/t11-/m0/s1. The third-order valence-corrected chi connectivity index (χ3v) is 4.67. The summed E-state index contributed by atoms with van der Waals surface area (Å²) in [4.78, 5) is 2.24. The molecular formula is C14H16Cl2N2O. The lowest BCUT2D eigenvalue weighted by Crippen LogP contribution is -2.39. The highest BCUT2D eigenvalue weighted by Crippen LogP contribution is 2.32. The summed E-state index contributed by atoms with van der Waals surface area (Å²) in [7, 11) is 0. The number of hydrogen-bond donors (Lipinski definition) is 2. The lowest BCUT2D eigenvalue weighted by molar-refractivity contribution is 0.202. The maximum absolute atomic E-state index is 9.35. The minimum absolute atomic E-state index is 0.0811. The van der Waals surface area contributed by atoms with Gasteiger partial charge in [-0.15, -0.1) is 0 Å². The van der Waals surface area contributed by atoms with E-state index in [1.165, 1.54) is 11.1 Å². The molecule has 0 spiro atoms. The quantitative estimate of drug-likeness (QED) is 0.881. The molecule has 1 aliphatic heterocycles. The molecule has 0 saturated heterocycles. The maximum Gasteiger partial charge on any atom is 0.0873 e. The number of benzene rings is 1. The van der Waals surface area contributed by atoms with E-state index >= 15 is 0 Å². The van der Waals surface area contributed by atoms with E-state index in [1.807, 2.05) is 18.3 Å². The Morgan fingerprint density at radius 2 is 2.00 bits per heavy atom. The molecule has 1 aromatic carbocycles. The predicted octanol–water partition coefficient (Wildman–Crippen LogP) is 2.55. The molecule has 1 heterocycles. The summed E-state index contributed by atoms with van der Waals surface area (Å²) in [5.41, 5.74) is 3.54. The van der Waals surface area contributed by atoms with E-state index in [1.54, 1.807) is 0 Å². The zero-order valence-corrected chi connectivity index (χ0v) is 12.0. The van der Waals surface area contributed by atoms with Crippen LogP contribution in [0.2, 0.25) is 10.0 Å². The molecule has 0 aromatic heterocycles. The molecule has 0 fully saturated rings. The highest BCUT2D eigenvalue weighted by atomic mass is 35.5. The average Bonchev–Trinajstić information content (AvgIpc) is 2.88. The summed E-state index contributed by atoms with van der Waals surface area (Å²) in [6.07, 6.45) is 4.92. The lowest BCUT2D eigenvalue weighted by Gasteiger charge is -2.34. The number of fused-ring (bicyclic) bond motifs is 1. The number of halogens is 2. The van der Waals surface area contributed by atoms with E-state index in [0.717, 1.165) is 31.6 Å². The van der Waals surface area contributed by atoms with Crippen LogP contribution in [-0.2, 0) is 12.8 Å². The average molecular weight is 299 g/mol. The van der Waals surface area contributed by atoms with Gasteiger partial charge in [-0.05, 0) is 42.5 Å². The number of nitrogens with zero attached hydrogens (tertiary/aromatic N) is 1. The van der Waals surface area contributed by atoms with Crippen molar-refractivity contribution in [3.63, 3.8) is 0 Å². The SMILES string of the molecule is OCC1=CNCN1[C@H]1CCc2cc(Cl)c(Cl)cc2C1. The van der Waals surface area contributed by atoms with Gasteiger partial charge in [0.15, 0.2) is 0 Å². The topological polar surface area (TPSA) is 35.5 Å². The molecule has 19 heavy (non-hydrogen) atoms. The zero-order chi connectivity index (χ0) is 13.4. The highest BCUT2D eigenvalue weighted by Gasteiger charge is 2.27. The van der Waals surface area contributed by atoms with Crippen LogP contribution in [0.15, 0.2) is 24.0 Å². The Morgan fingerprint density at radius 3 is 2.74 bits per heavy atom. The molecule has 0 radical (unpaired) electrons. The van der Waals surface area contributed by atoms with Gasteiger partial charge in [0.25, 0.3) is 0 Å².